The van der Waals surface area contributed by atoms with Crippen LogP contribution in [0.15, 0.2) is 78.2 Å². The molecule has 23 heavy (non-hydrogen) atoms. The molecule has 0 aliphatic rings. The van der Waals surface area contributed by atoms with Gasteiger partial charge in [0.15, 0.2) is 5.16 Å². The number of benzene rings is 2. The summed E-state index contributed by atoms with van der Waals surface area (Å²) in [4.78, 5) is 20.4. The van der Waals surface area contributed by atoms with Gasteiger partial charge in [-0.1, -0.05) is 42.1 Å². The number of hydrogen-bond donors (Lipinski definition) is 1. The highest BCUT2D eigenvalue weighted by Gasteiger charge is 2.05. The largest absolute Gasteiger partial charge is 0.322 e. The number of hydrogen-bond acceptors (Lipinski definition) is 4. The van der Waals surface area contributed by atoms with E-state index in [1.807, 2.05) is 42.5 Å². The van der Waals surface area contributed by atoms with E-state index in [0.29, 0.717) is 5.56 Å². The van der Waals surface area contributed by atoms with E-state index in [-0.39, 0.29) is 5.91 Å². The summed E-state index contributed by atoms with van der Waals surface area (Å²) in [6, 6.07) is 18.8. The monoisotopic (exact) mass is 321 g/mol. The summed E-state index contributed by atoms with van der Waals surface area (Å²) in [5.74, 6) is 0.683. The standard InChI is InChI=1S/C18H15N3OS/c22-17(15-5-2-1-3-6-15)21-16-9-7-14(8-10-16)13-23-18-19-11-4-12-20-18/h1-12H,13H2,(H,21,22). The molecule has 3 rings (SSSR count). The quantitative estimate of drug-likeness (QED) is 0.569. The van der Waals surface area contributed by atoms with Crippen LogP contribution in [0.3, 0.4) is 0 Å². The number of nitrogens with zero attached hydrogens (tertiary/aromatic N) is 2. The molecule has 1 aromatic heterocycles. The Hall–Kier alpha value is -2.66. The fourth-order valence-electron chi connectivity index (χ4n) is 1.98. The van der Waals surface area contributed by atoms with Crippen molar-refractivity contribution in [2.45, 2.75) is 10.9 Å². The second-order valence-corrected chi connectivity index (χ2v) is 5.78. The molecule has 0 fully saturated rings. The molecule has 5 heteroatoms. The van der Waals surface area contributed by atoms with Gasteiger partial charge in [0.1, 0.15) is 0 Å². The molecule has 1 N–H and O–H groups in total. The Morgan fingerprint density at radius 1 is 0.913 bits per heavy atom. The normalized spacial score (nSPS) is 10.3. The van der Waals surface area contributed by atoms with Crippen molar-refractivity contribution in [3.05, 3.63) is 84.2 Å². The van der Waals surface area contributed by atoms with Gasteiger partial charge in [0.05, 0.1) is 0 Å². The molecular weight excluding hydrogens is 306 g/mol. The predicted octanol–water partition coefficient (Wildman–Crippen LogP) is 4.02. The average molecular weight is 321 g/mol. The minimum atomic E-state index is -0.106. The second kappa shape index (κ2) is 7.56. The van der Waals surface area contributed by atoms with Crippen molar-refractivity contribution in [3.8, 4) is 0 Å². The van der Waals surface area contributed by atoms with E-state index in [1.165, 1.54) is 0 Å². The van der Waals surface area contributed by atoms with Crippen LogP contribution in [0.4, 0.5) is 5.69 Å². The molecule has 0 bridgehead atoms. The Morgan fingerprint density at radius 2 is 1.61 bits per heavy atom. The van der Waals surface area contributed by atoms with Crippen molar-refractivity contribution in [2.24, 2.45) is 0 Å². The van der Waals surface area contributed by atoms with Crippen molar-refractivity contribution in [1.82, 2.24) is 9.97 Å². The molecule has 1 heterocycles. The minimum Gasteiger partial charge on any atom is -0.322 e. The first kappa shape index (κ1) is 15.2. The van der Waals surface area contributed by atoms with E-state index in [1.54, 1.807) is 42.4 Å². The van der Waals surface area contributed by atoms with E-state index >= 15 is 0 Å². The molecule has 0 aliphatic carbocycles. The lowest BCUT2D eigenvalue weighted by Crippen LogP contribution is -2.11. The number of amides is 1. The number of carbonyl (C=O) groups is 1. The van der Waals surface area contributed by atoms with Crippen molar-refractivity contribution < 1.29 is 4.79 Å². The van der Waals surface area contributed by atoms with Crippen LogP contribution in [0.2, 0.25) is 0 Å². The van der Waals surface area contributed by atoms with Crippen LogP contribution in [0.25, 0.3) is 0 Å². The molecule has 3 aromatic rings. The molecule has 0 atom stereocenters. The Kier molecular flexibility index (Phi) is 5.01. The number of nitrogens with one attached hydrogen (secondary N) is 1. The van der Waals surface area contributed by atoms with Crippen molar-refractivity contribution in [2.75, 3.05) is 5.32 Å². The van der Waals surface area contributed by atoms with Crippen LogP contribution in [-0.2, 0) is 5.75 Å². The zero-order valence-electron chi connectivity index (χ0n) is 12.3. The van der Waals surface area contributed by atoms with Crippen LogP contribution < -0.4 is 5.32 Å². The molecule has 114 valence electrons. The highest BCUT2D eigenvalue weighted by atomic mass is 32.2. The first-order valence-electron chi connectivity index (χ1n) is 7.16. The Morgan fingerprint density at radius 3 is 2.30 bits per heavy atom. The lowest BCUT2D eigenvalue weighted by Gasteiger charge is -2.06. The number of carbonyl (C=O) groups excluding carboxylic acids is 1. The van der Waals surface area contributed by atoms with Gasteiger partial charge in [-0.25, -0.2) is 9.97 Å². The summed E-state index contributed by atoms with van der Waals surface area (Å²) in [6.07, 6.45) is 3.47. The van der Waals surface area contributed by atoms with E-state index in [9.17, 15) is 4.79 Å². The maximum absolute atomic E-state index is 12.1. The smallest absolute Gasteiger partial charge is 0.255 e. The van der Waals surface area contributed by atoms with Gasteiger partial charge in [-0.2, -0.15) is 0 Å². The van der Waals surface area contributed by atoms with Crippen molar-refractivity contribution in [1.29, 1.82) is 0 Å². The van der Waals surface area contributed by atoms with Gasteiger partial charge >= 0.3 is 0 Å². The van der Waals surface area contributed by atoms with Gasteiger partial charge in [0, 0.05) is 29.4 Å². The molecule has 0 unspecified atom stereocenters. The summed E-state index contributed by atoms with van der Waals surface area (Å²) in [5.41, 5.74) is 2.58. The molecule has 0 saturated carbocycles. The molecule has 2 aromatic carbocycles. The van der Waals surface area contributed by atoms with Crippen LogP contribution in [0.1, 0.15) is 15.9 Å². The highest BCUT2D eigenvalue weighted by molar-refractivity contribution is 7.98. The van der Waals surface area contributed by atoms with Crippen LogP contribution in [-0.4, -0.2) is 15.9 Å². The number of anilines is 1. The van der Waals surface area contributed by atoms with Crippen LogP contribution >= 0.6 is 11.8 Å². The number of aromatic nitrogens is 2. The third kappa shape index (κ3) is 4.40. The van der Waals surface area contributed by atoms with E-state index in [2.05, 4.69) is 15.3 Å². The molecule has 0 radical (unpaired) electrons. The van der Waals surface area contributed by atoms with Gasteiger partial charge in [-0.3, -0.25) is 4.79 Å². The lowest BCUT2D eigenvalue weighted by molar-refractivity contribution is 0.102. The fourth-order valence-corrected chi connectivity index (χ4v) is 2.74. The Balaban J connectivity index is 1.58. The van der Waals surface area contributed by atoms with E-state index < -0.39 is 0 Å². The van der Waals surface area contributed by atoms with Crippen LogP contribution in [0.5, 0.6) is 0 Å². The Bertz CT molecular complexity index is 761. The first-order valence-corrected chi connectivity index (χ1v) is 8.15. The van der Waals surface area contributed by atoms with E-state index in [0.717, 1.165) is 22.2 Å². The van der Waals surface area contributed by atoms with Crippen LogP contribution in [0, 0.1) is 0 Å². The average Bonchev–Trinajstić information content (AvgIpc) is 2.63. The van der Waals surface area contributed by atoms with Crippen molar-refractivity contribution >= 4 is 23.4 Å². The maximum atomic E-state index is 12.1. The van der Waals surface area contributed by atoms with Gasteiger partial charge in [-0.15, -0.1) is 0 Å². The maximum Gasteiger partial charge on any atom is 0.255 e. The second-order valence-electron chi connectivity index (χ2n) is 4.84. The third-order valence-electron chi connectivity index (χ3n) is 3.16. The number of rotatable bonds is 5. The summed E-state index contributed by atoms with van der Waals surface area (Å²) >= 11 is 1.58. The fraction of sp³-hybridized carbons (Fsp3) is 0.0556. The Labute approximate surface area is 139 Å². The summed E-state index contributed by atoms with van der Waals surface area (Å²) < 4.78 is 0. The summed E-state index contributed by atoms with van der Waals surface area (Å²) in [6.45, 7) is 0. The van der Waals surface area contributed by atoms with Gasteiger partial charge in [0.25, 0.3) is 5.91 Å². The first-order chi connectivity index (χ1) is 11.3. The minimum absolute atomic E-state index is 0.106. The van der Waals surface area contributed by atoms with Gasteiger partial charge in [0.2, 0.25) is 0 Å². The molecule has 4 nitrogen and oxygen atoms in total. The molecule has 0 saturated heterocycles. The third-order valence-corrected chi connectivity index (χ3v) is 4.10. The zero-order chi connectivity index (χ0) is 15.9. The number of thioether (sulfide) groups is 1. The highest BCUT2D eigenvalue weighted by Crippen LogP contribution is 2.20. The van der Waals surface area contributed by atoms with E-state index in [4.69, 9.17) is 0 Å². The summed E-state index contributed by atoms with van der Waals surface area (Å²) in [5, 5.41) is 3.65. The lowest BCUT2D eigenvalue weighted by atomic mass is 10.2. The molecule has 1 amide bonds. The SMILES string of the molecule is O=C(Nc1ccc(CSc2ncccn2)cc1)c1ccccc1. The van der Waals surface area contributed by atoms with Crippen molar-refractivity contribution in [3.63, 3.8) is 0 Å². The molecule has 0 spiro atoms. The van der Waals surface area contributed by atoms with Gasteiger partial charge in [-0.05, 0) is 35.9 Å². The molecular formula is C18H15N3OS. The summed E-state index contributed by atoms with van der Waals surface area (Å²) in [7, 11) is 0. The topological polar surface area (TPSA) is 54.9 Å². The predicted molar refractivity (Wildman–Crippen MR) is 92.4 cm³/mol. The van der Waals surface area contributed by atoms with Gasteiger partial charge < -0.3 is 5.32 Å². The zero-order valence-corrected chi connectivity index (χ0v) is 13.2. The molecule has 0 aliphatic heterocycles.